The van der Waals surface area contributed by atoms with Gasteiger partial charge in [-0.05, 0) is 50.8 Å². The van der Waals surface area contributed by atoms with Crippen LogP contribution in [0.1, 0.15) is 29.2 Å². The molecule has 0 saturated carbocycles. The first kappa shape index (κ1) is 21.5. The second kappa shape index (κ2) is 8.41. The van der Waals surface area contributed by atoms with Gasteiger partial charge >= 0.3 is 6.18 Å². The lowest BCUT2D eigenvalue weighted by molar-refractivity contribution is -0.141. The van der Waals surface area contributed by atoms with Gasteiger partial charge in [0.25, 0.3) is 5.56 Å². The summed E-state index contributed by atoms with van der Waals surface area (Å²) in [6, 6.07) is 7.21. The number of piperidine rings is 1. The Morgan fingerprint density at radius 1 is 1.10 bits per heavy atom. The maximum absolute atomic E-state index is 12.9. The fourth-order valence-corrected chi connectivity index (χ4v) is 4.70. The summed E-state index contributed by atoms with van der Waals surface area (Å²) >= 11 is 1.55. The van der Waals surface area contributed by atoms with Gasteiger partial charge in [-0.3, -0.25) is 4.79 Å². The van der Waals surface area contributed by atoms with Crippen LogP contribution in [-0.2, 0) is 12.7 Å². The Morgan fingerprint density at radius 2 is 1.84 bits per heavy atom. The van der Waals surface area contributed by atoms with E-state index in [4.69, 9.17) is 0 Å². The molecule has 6 nitrogen and oxygen atoms in total. The Balaban J connectivity index is 1.44. The molecule has 0 spiro atoms. The molecule has 3 aromatic rings. The smallest absolute Gasteiger partial charge is 0.357 e. The highest BCUT2D eigenvalue weighted by Crippen LogP contribution is 2.30. The first-order valence-electron chi connectivity index (χ1n) is 10.0. The summed E-state index contributed by atoms with van der Waals surface area (Å²) in [5.41, 5.74) is 0.577. The average Bonchev–Trinajstić information content (AvgIpc) is 3.08. The van der Waals surface area contributed by atoms with Gasteiger partial charge in [-0.2, -0.15) is 18.3 Å². The van der Waals surface area contributed by atoms with E-state index in [1.807, 2.05) is 18.7 Å². The summed E-state index contributed by atoms with van der Waals surface area (Å²) in [6.45, 7) is 5.51. The monoisotopic (exact) mass is 449 g/mol. The van der Waals surface area contributed by atoms with Crippen LogP contribution >= 0.6 is 11.3 Å². The maximum atomic E-state index is 12.9. The maximum Gasteiger partial charge on any atom is 0.433 e. The second-order valence-electron chi connectivity index (χ2n) is 7.70. The largest absolute Gasteiger partial charge is 0.433 e. The lowest BCUT2D eigenvalue weighted by atomic mass is 9.97. The number of rotatable bonds is 4. The van der Waals surface area contributed by atoms with Gasteiger partial charge in [0.2, 0.25) is 0 Å². The Morgan fingerprint density at radius 3 is 2.48 bits per heavy atom. The minimum absolute atomic E-state index is 0.162. The van der Waals surface area contributed by atoms with E-state index in [-0.39, 0.29) is 11.5 Å². The molecule has 0 aromatic carbocycles. The summed E-state index contributed by atoms with van der Waals surface area (Å²) in [5.74, 6) is 0.549. The van der Waals surface area contributed by atoms with Crippen LogP contribution in [0.25, 0.3) is 10.6 Å². The summed E-state index contributed by atoms with van der Waals surface area (Å²) in [7, 11) is 0. The number of aromatic nitrogens is 4. The van der Waals surface area contributed by atoms with Crippen LogP contribution in [0, 0.1) is 19.8 Å². The van der Waals surface area contributed by atoms with Crippen molar-refractivity contribution in [3.8, 4) is 10.6 Å². The van der Waals surface area contributed by atoms with Crippen molar-refractivity contribution < 1.29 is 13.2 Å². The molecule has 0 N–H and O–H groups in total. The van der Waals surface area contributed by atoms with Crippen molar-refractivity contribution in [2.75, 3.05) is 18.0 Å². The number of pyridine rings is 1. The number of thiazole rings is 1. The van der Waals surface area contributed by atoms with Crippen molar-refractivity contribution >= 4 is 17.2 Å². The van der Waals surface area contributed by atoms with Crippen LogP contribution in [0.5, 0.6) is 0 Å². The molecule has 1 saturated heterocycles. The molecule has 4 heterocycles. The van der Waals surface area contributed by atoms with E-state index in [1.165, 1.54) is 16.8 Å². The van der Waals surface area contributed by atoms with Crippen molar-refractivity contribution in [3.05, 3.63) is 57.1 Å². The lowest BCUT2D eigenvalue weighted by Gasteiger charge is -2.33. The van der Waals surface area contributed by atoms with Crippen molar-refractivity contribution in [1.29, 1.82) is 0 Å². The van der Waals surface area contributed by atoms with E-state index in [9.17, 15) is 18.0 Å². The molecule has 31 heavy (non-hydrogen) atoms. The van der Waals surface area contributed by atoms with E-state index < -0.39 is 11.9 Å². The first-order valence-corrected chi connectivity index (χ1v) is 10.8. The third-order valence-corrected chi connectivity index (χ3v) is 6.49. The molecule has 1 aliphatic heterocycles. The molecular weight excluding hydrogens is 427 g/mol. The van der Waals surface area contributed by atoms with Crippen molar-refractivity contribution in [3.63, 3.8) is 0 Å². The predicted octanol–water partition coefficient (Wildman–Crippen LogP) is 4.31. The summed E-state index contributed by atoms with van der Waals surface area (Å²) < 4.78 is 40.3. The molecule has 1 fully saturated rings. The number of alkyl halides is 3. The highest BCUT2D eigenvalue weighted by atomic mass is 32.1. The molecule has 0 radical (unpaired) electrons. The van der Waals surface area contributed by atoms with Crippen LogP contribution in [0.15, 0.2) is 35.1 Å². The van der Waals surface area contributed by atoms with E-state index in [1.54, 1.807) is 23.5 Å². The second-order valence-corrected chi connectivity index (χ2v) is 8.90. The zero-order chi connectivity index (χ0) is 22.2. The van der Waals surface area contributed by atoms with Crippen molar-refractivity contribution in [2.45, 2.75) is 39.4 Å². The van der Waals surface area contributed by atoms with E-state index in [0.717, 1.165) is 40.2 Å². The molecular formula is C21H22F3N5OS. The van der Waals surface area contributed by atoms with Crippen LogP contribution in [-0.4, -0.2) is 32.8 Å². The van der Waals surface area contributed by atoms with E-state index in [0.29, 0.717) is 25.5 Å². The standard InChI is InChI=1S/C21H22F3N5OS/c1-13-20(31-14(2)25-13)16-6-7-19(30)29(27-16)12-15-8-10-28(11-9-15)18-5-3-4-17(26-18)21(22,23)24/h3-7,15H,8-12H2,1-2H3. The number of anilines is 1. The Hall–Kier alpha value is -2.75. The van der Waals surface area contributed by atoms with Gasteiger partial charge in [0, 0.05) is 25.7 Å². The topological polar surface area (TPSA) is 63.9 Å². The van der Waals surface area contributed by atoms with Crippen LogP contribution in [0.4, 0.5) is 19.0 Å². The SMILES string of the molecule is Cc1nc(C)c(-c2ccc(=O)n(CC3CCN(c4cccc(C(F)(F)F)n4)CC3)n2)s1. The van der Waals surface area contributed by atoms with Gasteiger partial charge in [0.1, 0.15) is 17.2 Å². The van der Waals surface area contributed by atoms with Crippen LogP contribution < -0.4 is 10.5 Å². The number of nitrogens with zero attached hydrogens (tertiary/aromatic N) is 5. The average molecular weight is 450 g/mol. The Bertz CT molecular complexity index is 1130. The van der Waals surface area contributed by atoms with Gasteiger partial charge in [-0.1, -0.05) is 6.07 Å². The van der Waals surface area contributed by atoms with E-state index in [2.05, 4.69) is 15.1 Å². The molecule has 0 atom stereocenters. The van der Waals surface area contributed by atoms with Gasteiger partial charge in [0.15, 0.2) is 0 Å². The number of halogens is 3. The highest BCUT2D eigenvalue weighted by Gasteiger charge is 2.33. The summed E-state index contributed by atoms with van der Waals surface area (Å²) in [4.78, 5) is 23.4. The molecule has 0 aliphatic carbocycles. The van der Waals surface area contributed by atoms with Gasteiger partial charge in [0.05, 0.1) is 15.6 Å². The Kier molecular flexibility index (Phi) is 5.83. The lowest BCUT2D eigenvalue weighted by Crippen LogP contribution is -2.37. The Labute approximate surface area is 181 Å². The normalized spacial score (nSPS) is 15.5. The molecule has 0 bridgehead atoms. The summed E-state index contributed by atoms with van der Waals surface area (Å²) in [6.07, 6.45) is -2.97. The third kappa shape index (κ3) is 4.79. The van der Waals surface area contributed by atoms with Crippen molar-refractivity contribution in [1.82, 2.24) is 19.7 Å². The number of aryl methyl sites for hydroxylation is 2. The molecule has 0 amide bonds. The fraction of sp³-hybridized carbons (Fsp3) is 0.429. The number of hydrogen-bond acceptors (Lipinski definition) is 6. The first-order chi connectivity index (χ1) is 14.7. The minimum atomic E-state index is -4.46. The predicted molar refractivity (Wildman–Crippen MR) is 113 cm³/mol. The minimum Gasteiger partial charge on any atom is -0.357 e. The van der Waals surface area contributed by atoms with Gasteiger partial charge < -0.3 is 4.90 Å². The van der Waals surface area contributed by atoms with Gasteiger partial charge in [-0.25, -0.2) is 14.6 Å². The fourth-order valence-electron chi connectivity index (χ4n) is 3.82. The van der Waals surface area contributed by atoms with Gasteiger partial charge in [-0.15, -0.1) is 11.3 Å². The van der Waals surface area contributed by atoms with Crippen LogP contribution in [0.2, 0.25) is 0 Å². The summed E-state index contributed by atoms with van der Waals surface area (Å²) in [5, 5.41) is 5.50. The molecule has 1 aliphatic rings. The van der Waals surface area contributed by atoms with Crippen molar-refractivity contribution in [2.24, 2.45) is 5.92 Å². The highest BCUT2D eigenvalue weighted by molar-refractivity contribution is 7.15. The number of hydrogen-bond donors (Lipinski definition) is 0. The third-order valence-electron chi connectivity index (χ3n) is 5.40. The quantitative estimate of drug-likeness (QED) is 0.594. The van der Waals surface area contributed by atoms with Crippen LogP contribution in [0.3, 0.4) is 0 Å². The molecule has 4 rings (SSSR count). The zero-order valence-corrected chi connectivity index (χ0v) is 18.0. The zero-order valence-electron chi connectivity index (χ0n) is 17.2. The molecule has 164 valence electrons. The molecule has 0 unspecified atom stereocenters. The van der Waals surface area contributed by atoms with E-state index >= 15 is 0 Å². The molecule has 10 heteroatoms. The molecule has 3 aromatic heterocycles.